The summed E-state index contributed by atoms with van der Waals surface area (Å²) < 4.78 is 13.6. The van der Waals surface area contributed by atoms with Crippen LogP contribution in [0.3, 0.4) is 0 Å². The summed E-state index contributed by atoms with van der Waals surface area (Å²) in [7, 11) is 0. The van der Waals surface area contributed by atoms with Crippen molar-refractivity contribution in [2.24, 2.45) is 11.7 Å². The Morgan fingerprint density at radius 1 is 1.39 bits per heavy atom. The second kappa shape index (κ2) is 6.78. The van der Waals surface area contributed by atoms with Gasteiger partial charge >= 0.3 is 0 Å². The van der Waals surface area contributed by atoms with E-state index < -0.39 is 0 Å². The first-order valence-corrected chi connectivity index (χ1v) is 7.95. The van der Waals surface area contributed by atoms with Crippen LogP contribution in [0.5, 0.6) is 0 Å². The van der Waals surface area contributed by atoms with Crippen LogP contribution in [-0.4, -0.2) is 17.5 Å². The van der Waals surface area contributed by atoms with Gasteiger partial charge in [0.15, 0.2) is 0 Å². The molecule has 0 saturated carbocycles. The first-order valence-electron chi connectivity index (χ1n) is 6.42. The van der Waals surface area contributed by atoms with Crippen molar-refractivity contribution in [3.05, 3.63) is 34.6 Å². The molecule has 0 radical (unpaired) electrons. The highest BCUT2D eigenvalue weighted by Crippen LogP contribution is 2.27. The fourth-order valence-corrected chi connectivity index (χ4v) is 3.83. The molecule has 1 aliphatic rings. The van der Waals surface area contributed by atoms with E-state index in [1.807, 2.05) is 11.8 Å². The van der Waals surface area contributed by atoms with Crippen molar-refractivity contribution < 1.29 is 4.39 Å². The molecule has 2 rings (SSSR count). The molecule has 100 valence electrons. The molecule has 1 aliphatic heterocycles. The molecule has 4 heteroatoms. The molecular formula is C14H19ClFNS. The zero-order valence-electron chi connectivity index (χ0n) is 10.4. The third kappa shape index (κ3) is 4.15. The SMILES string of the molecule is NC(Cc1ccc(Cl)cc1F)CC1CCSCC1. The van der Waals surface area contributed by atoms with Crippen molar-refractivity contribution in [2.75, 3.05) is 11.5 Å². The Balaban J connectivity index is 1.87. The minimum absolute atomic E-state index is 0.0498. The number of benzene rings is 1. The molecule has 1 nitrogen and oxygen atoms in total. The van der Waals surface area contributed by atoms with Crippen molar-refractivity contribution in [3.63, 3.8) is 0 Å². The fourth-order valence-electron chi connectivity index (χ4n) is 2.46. The molecule has 0 aliphatic carbocycles. The minimum Gasteiger partial charge on any atom is -0.327 e. The lowest BCUT2D eigenvalue weighted by atomic mass is 9.91. The van der Waals surface area contributed by atoms with Gasteiger partial charge in [0.25, 0.3) is 0 Å². The summed E-state index contributed by atoms with van der Waals surface area (Å²) in [6.07, 6.45) is 4.11. The molecule has 0 spiro atoms. The normalized spacial score (nSPS) is 18.8. The largest absolute Gasteiger partial charge is 0.327 e. The monoisotopic (exact) mass is 287 g/mol. The highest BCUT2D eigenvalue weighted by atomic mass is 35.5. The van der Waals surface area contributed by atoms with Gasteiger partial charge in [0, 0.05) is 11.1 Å². The maximum Gasteiger partial charge on any atom is 0.127 e. The van der Waals surface area contributed by atoms with Crippen molar-refractivity contribution in [3.8, 4) is 0 Å². The zero-order chi connectivity index (χ0) is 13.0. The molecule has 0 amide bonds. The van der Waals surface area contributed by atoms with Crippen LogP contribution in [0.4, 0.5) is 4.39 Å². The third-order valence-corrected chi connectivity index (χ3v) is 4.76. The van der Waals surface area contributed by atoms with Gasteiger partial charge in [-0.15, -0.1) is 0 Å². The Kier molecular flexibility index (Phi) is 5.34. The Hall–Kier alpha value is -0.250. The van der Waals surface area contributed by atoms with Crippen molar-refractivity contribution in [1.29, 1.82) is 0 Å². The van der Waals surface area contributed by atoms with Crippen LogP contribution in [0.25, 0.3) is 0 Å². The predicted octanol–water partition coefficient (Wildman–Crippen LogP) is 3.88. The summed E-state index contributed by atoms with van der Waals surface area (Å²) in [5.74, 6) is 2.97. The summed E-state index contributed by atoms with van der Waals surface area (Å²) in [5.41, 5.74) is 6.81. The van der Waals surface area contributed by atoms with Crippen LogP contribution in [0, 0.1) is 11.7 Å². The lowest BCUT2D eigenvalue weighted by Crippen LogP contribution is -2.28. The highest BCUT2D eigenvalue weighted by Gasteiger charge is 2.18. The molecule has 1 heterocycles. The van der Waals surface area contributed by atoms with Gasteiger partial charge in [0.2, 0.25) is 0 Å². The Morgan fingerprint density at radius 3 is 2.78 bits per heavy atom. The number of nitrogens with two attached hydrogens (primary N) is 1. The second-order valence-electron chi connectivity index (χ2n) is 4.99. The molecule has 1 saturated heterocycles. The molecule has 1 unspecified atom stereocenters. The molecule has 1 fully saturated rings. The van der Waals surface area contributed by atoms with Gasteiger partial charge in [-0.1, -0.05) is 17.7 Å². The van der Waals surface area contributed by atoms with Gasteiger partial charge in [0.05, 0.1) is 0 Å². The maximum atomic E-state index is 13.6. The highest BCUT2D eigenvalue weighted by molar-refractivity contribution is 7.99. The Bertz CT molecular complexity index is 393. The van der Waals surface area contributed by atoms with Crippen molar-refractivity contribution in [2.45, 2.75) is 31.7 Å². The molecule has 1 atom stereocenters. The molecule has 1 aromatic rings. The Labute approximate surface area is 117 Å². The summed E-state index contributed by atoms with van der Waals surface area (Å²) in [6, 6.07) is 4.88. The van der Waals surface area contributed by atoms with Gasteiger partial charge in [-0.3, -0.25) is 0 Å². The van der Waals surface area contributed by atoms with E-state index in [0.29, 0.717) is 17.0 Å². The molecule has 2 N–H and O–H groups in total. The van der Waals surface area contributed by atoms with E-state index in [4.69, 9.17) is 17.3 Å². The van der Waals surface area contributed by atoms with Crippen LogP contribution in [0.2, 0.25) is 5.02 Å². The van der Waals surface area contributed by atoms with Gasteiger partial charge in [0.1, 0.15) is 5.82 Å². The maximum absolute atomic E-state index is 13.6. The number of hydrogen-bond donors (Lipinski definition) is 1. The number of thioether (sulfide) groups is 1. The van der Waals surface area contributed by atoms with Crippen LogP contribution >= 0.6 is 23.4 Å². The minimum atomic E-state index is -0.239. The third-order valence-electron chi connectivity index (χ3n) is 3.47. The average Bonchev–Trinajstić information content (AvgIpc) is 2.34. The zero-order valence-corrected chi connectivity index (χ0v) is 11.9. The van der Waals surface area contributed by atoms with E-state index in [9.17, 15) is 4.39 Å². The standard InChI is InChI=1S/C14H19ClFNS/c15-12-2-1-11(14(16)9-12)8-13(17)7-10-3-5-18-6-4-10/h1-2,9-10,13H,3-8,17H2. The quantitative estimate of drug-likeness (QED) is 0.909. The van der Waals surface area contributed by atoms with Crippen molar-refractivity contribution in [1.82, 2.24) is 0 Å². The Morgan fingerprint density at radius 2 is 2.11 bits per heavy atom. The van der Waals surface area contributed by atoms with E-state index in [1.54, 1.807) is 12.1 Å². The van der Waals surface area contributed by atoms with Crippen molar-refractivity contribution >= 4 is 23.4 Å². The summed E-state index contributed by atoms with van der Waals surface area (Å²) in [4.78, 5) is 0. The first-order chi connectivity index (χ1) is 8.65. The lowest BCUT2D eigenvalue weighted by molar-refractivity contribution is 0.403. The van der Waals surface area contributed by atoms with E-state index in [0.717, 1.165) is 12.3 Å². The van der Waals surface area contributed by atoms with Gasteiger partial charge in [-0.2, -0.15) is 11.8 Å². The molecule has 0 aromatic heterocycles. The summed E-state index contributed by atoms with van der Waals surface area (Å²) in [5, 5.41) is 0.439. The van der Waals surface area contributed by atoms with E-state index >= 15 is 0 Å². The van der Waals surface area contributed by atoms with E-state index in [2.05, 4.69) is 0 Å². The number of hydrogen-bond acceptors (Lipinski definition) is 2. The molecular weight excluding hydrogens is 269 g/mol. The average molecular weight is 288 g/mol. The van der Waals surface area contributed by atoms with E-state index in [-0.39, 0.29) is 11.9 Å². The van der Waals surface area contributed by atoms with Crippen LogP contribution < -0.4 is 5.73 Å². The van der Waals surface area contributed by atoms with Crippen LogP contribution in [0.1, 0.15) is 24.8 Å². The molecule has 1 aromatic carbocycles. The fraction of sp³-hybridized carbons (Fsp3) is 0.571. The number of halogens is 2. The van der Waals surface area contributed by atoms with Gasteiger partial charge < -0.3 is 5.73 Å². The first kappa shape index (κ1) is 14.2. The van der Waals surface area contributed by atoms with Crippen LogP contribution in [0.15, 0.2) is 18.2 Å². The second-order valence-corrected chi connectivity index (χ2v) is 6.65. The van der Waals surface area contributed by atoms with Crippen LogP contribution in [-0.2, 0) is 6.42 Å². The topological polar surface area (TPSA) is 26.0 Å². The van der Waals surface area contributed by atoms with Gasteiger partial charge in [-0.25, -0.2) is 4.39 Å². The molecule has 18 heavy (non-hydrogen) atoms. The smallest absolute Gasteiger partial charge is 0.127 e. The molecule has 0 bridgehead atoms. The predicted molar refractivity (Wildman–Crippen MR) is 77.8 cm³/mol. The summed E-state index contributed by atoms with van der Waals surface area (Å²) in [6.45, 7) is 0. The lowest BCUT2D eigenvalue weighted by Gasteiger charge is -2.24. The van der Waals surface area contributed by atoms with Gasteiger partial charge in [-0.05, 0) is 60.8 Å². The summed E-state index contributed by atoms with van der Waals surface area (Å²) >= 11 is 7.75. The number of rotatable bonds is 4. The van der Waals surface area contributed by atoms with E-state index in [1.165, 1.54) is 30.4 Å².